The van der Waals surface area contributed by atoms with Crippen LogP contribution in [-0.4, -0.2) is 11.9 Å². The summed E-state index contributed by atoms with van der Waals surface area (Å²) >= 11 is 47.6. The summed E-state index contributed by atoms with van der Waals surface area (Å²) in [5.41, 5.74) is 0. The molecule has 0 saturated carbocycles. The molecule has 0 aromatic rings. The summed E-state index contributed by atoms with van der Waals surface area (Å²) in [4.78, 5) is 0. The molecule has 0 radical (unpaired) electrons. The molecule has 0 saturated heterocycles. The van der Waals surface area contributed by atoms with Gasteiger partial charge in [-0.05, 0) is 0 Å². The van der Waals surface area contributed by atoms with Crippen molar-refractivity contribution in [2.75, 3.05) is 0 Å². The first-order chi connectivity index (χ1) is 6.79. The Hall–Kier alpha value is 2.92. The van der Waals surface area contributed by atoms with E-state index >= 15 is 0 Å². The molecule has 3 nitrogen and oxygen atoms in total. The van der Waals surface area contributed by atoms with Gasteiger partial charge in [-0.1, -0.05) is 104 Å². The summed E-state index contributed by atoms with van der Waals surface area (Å²) < 4.78 is 7.21. The maximum Gasteiger partial charge on any atom is 0.343 e. The van der Waals surface area contributed by atoms with Crippen LogP contribution in [0.1, 0.15) is 0 Å². The van der Waals surface area contributed by atoms with Gasteiger partial charge in [0.05, 0.1) is 0 Å². The molecule has 0 spiro atoms. The Morgan fingerprint density at radius 2 is 0.688 bits per heavy atom. The molecule has 0 amide bonds. The standard InChI is InChI=1S/C3Cl9O3P/c4-1(5,6)13-16(14-2(7,8)9)15-3(10,11)12. The highest BCUT2D eigenvalue weighted by atomic mass is 35.6. The van der Waals surface area contributed by atoms with Crippen molar-refractivity contribution in [3.05, 3.63) is 0 Å². The van der Waals surface area contributed by atoms with Crippen LogP contribution < -0.4 is 0 Å². The van der Waals surface area contributed by atoms with Gasteiger partial charge in [0.15, 0.2) is 0 Å². The molecule has 0 heterocycles. The average molecular weight is 434 g/mol. The lowest BCUT2D eigenvalue weighted by Crippen LogP contribution is -2.16. The van der Waals surface area contributed by atoms with E-state index in [0.29, 0.717) is 0 Å². The maximum absolute atomic E-state index is 5.29. The van der Waals surface area contributed by atoms with E-state index in [1.54, 1.807) is 0 Å². The third kappa shape index (κ3) is 13.4. The second-order valence-electron chi connectivity index (χ2n) is 1.83. The van der Waals surface area contributed by atoms with Gasteiger partial charge >= 0.3 is 20.5 Å². The maximum atomic E-state index is 5.29. The summed E-state index contributed by atoms with van der Waals surface area (Å²) in [7, 11) is -2.51. The van der Waals surface area contributed by atoms with Crippen LogP contribution in [0.4, 0.5) is 0 Å². The zero-order valence-corrected chi connectivity index (χ0v) is 14.3. The summed E-state index contributed by atoms with van der Waals surface area (Å²) in [6.07, 6.45) is 0. The van der Waals surface area contributed by atoms with Crippen LogP contribution in [-0.2, 0) is 13.6 Å². The largest absolute Gasteiger partial charge is 0.343 e. The van der Waals surface area contributed by atoms with Gasteiger partial charge in [0.2, 0.25) is 0 Å². The van der Waals surface area contributed by atoms with Crippen LogP contribution in [0, 0.1) is 0 Å². The number of rotatable bonds is 3. The Morgan fingerprint density at radius 1 is 0.500 bits per heavy atom. The second kappa shape index (κ2) is 7.08. The van der Waals surface area contributed by atoms with E-state index in [2.05, 4.69) is 13.6 Å². The highest BCUT2D eigenvalue weighted by molar-refractivity contribution is 7.42. The van der Waals surface area contributed by atoms with Crippen LogP contribution >= 0.6 is 113 Å². The van der Waals surface area contributed by atoms with Gasteiger partial charge in [-0.2, -0.15) is 0 Å². The lowest BCUT2D eigenvalue weighted by atomic mass is 11.6. The van der Waals surface area contributed by atoms with Crippen molar-refractivity contribution in [1.82, 2.24) is 0 Å². The minimum atomic E-state index is -2.51. The second-order valence-corrected chi connectivity index (χ2v) is 9.36. The van der Waals surface area contributed by atoms with Gasteiger partial charge < -0.3 is 0 Å². The smallest absolute Gasteiger partial charge is 0.260 e. The van der Waals surface area contributed by atoms with Gasteiger partial charge in [0, 0.05) is 0 Å². The molecular weight excluding hydrogens is 434 g/mol. The van der Waals surface area contributed by atoms with Crippen molar-refractivity contribution in [2.24, 2.45) is 0 Å². The van der Waals surface area contributed by atoms with E-state index in [0.717, 1.165) is 0 Å². The molecule has 16 heavy (non-hydrogen) atoms. The van der Waals surface area contributed by atoms with Crippen LogP contribution in [0.25, 0.3) is 0 Å². The van der Waals surface area contributed by atoms with Crippen LogP contribution in [0.15, 0.2) is 0 Å². The third-order valence-electron chi connectivity index (χ3n) is 0.534. The van der Waals surface area contributed by atoms with Crippen molar-refractivity contribution < 1.29 is 13.6 Å². The van der Waals surface area contributed by atoms with Gasteiger partial charge in [0.25, 0.3) is 0 Å². The lowest BCUT2D eigenvalue weighted by molar-refractivity contribution is 0.155. The highest BCUT2D eigenvalue weighted by Gasteiger charge is 2.39. The Labute approximate surface area is 137 Å². The first kappa shape index (κ1) is 18.9. The predicted molar refractivity (Wildman–Crippen MR) is 71.0 cm³/mol. The molecule has 0 aliphatic carbocycles. The molecule has 13 heteroatoms. The molecular formula is C3Cl9O3P. The van der Waals surface area contributed by atoms with E-state index in [9.17, 15) is 0 Å². The molecule has 0 aromatic heterocycles. The summed E-state index contributed by atoms with van der Waals surface area (Å²) in [6, 6.07) is 0. The molecule has 0 rings (SSSR count). The summed E-state index contributed by atoms with van der Waals surface area (Å²) in [6.45, 7) is 0. The first-order valence-electron chi connectivity index (χ1n) is 2.86. The SMILES string of the molecule is ClC(Cl)(Cl)OP(OC(Cl)(Cl)Cl)OC(Cl)(Cl)Cl. The van der Waals surface area contributed by atoms with Crippen molar-refractivity contribution in [2.45, 2.75) is 11.9 Å². The Kier molecular flexibility index (Phi) is 8.37. The molecule has 0 aliphatic heterocycles. The summed E-state index contributed by atoms with van der Waals surface area (Å²) in [5.74, 6) is 0. The molecule has 0 N–H and O–H groups in total. The van der Waals surface area contributed by atoms with Crippen molar-refractivity contribution in [1.29, 1.82) is 0 Å². The quantitative estimate of drug-likeness (QED) is 0.389. The zero-order valence-electron chi connectivity index (χ0n) is 6.57. The third-order valence-corrected chi connectivity index (χ3v) is 3.47. The van der Waals surface area contributed by atoms with Crippen LogP contribution in [0.2, 0.25) is 0 Å². The molecule has 0 fully saturated rings. The number of hydrogen-bond acceptors (Lipinski definition) is 3. The molecule has 98 valence electrons. The van der Waals surface area contributed by atoms with Gasteiger partial charge in [-0.3, -0.25) is 13.6 Å². The molecule has 0 aromatic carbocycles. The van der Waals surface area contributed by atoms with Crippen LogP contribution in [0.5, 0.6) is 0 Å². The minimum absolute atomic E-state index is 2.20. The normalized spacial score (nSPS) is 14.6. The number of alkyl halides is 9. The molecule has 0 aliphatic rings. The fourth-order valence-corrected chi connectivity index (χ4v) is 2.45. The number of halogens is 9. The number of hydrogen-bond donors (Lipinski definition) is 0. The van der Waals surface area contributed by atoms with Crippen LogP contribution in [0.3, 0.4) is 0 Å². The van der Waals surface area contributed by atoms with Gasteiger partial charge in [0.1, 0.15) is 0 Å². The predicted octanol–water partition coefficient (Wildman–Crippen LogP) is 6.25. The molecule has 0 unspecified atom stereocenters. The fraction of sp³-hybridized carbons (Fsp3) is 1.00. The minimum Gasteiger partial charge on any atom is -0.260 e. The van der Waals surface area contributed by atoms with E-state index in [4.69, 9.17) is 104 Å². The topological polar surface area (TPSA) is 27.7 Å². The van der Waals surface area contributed by atoms with Crippen molar-refractivity contribution in [3.8, 4) is 0 Å². The van der Waals surface area contributed by atoms with Gasteiger partial charge in [-0.25, -0.2) is 0 Å². The van der Waals surface area contributed by atoms with Crippen molar-refractivity contribution >= 4 is 113 Å². The van der Waals surface area contributed by atoms with E-state index in [1.807, 2.05) is 0 Å². The molecule has 0 bridgehead atoms. The fourth-order valence-electron chi connectivity index (χ4n) is 0.309. The van der Waals surface area contributed by atoms with Gasteiger partial charge in [-0.15, -0.1) is 0 Å². The van der Waals surface area contributed by atoms with E-state index < -0.39 is 20.5 Å². The van der Waals surface area contributed by atoms with Crippen molar-refractivity contribution in [3.63, 3.8) is 0 Å². The molecule has 0 atom stereocenters. The Bertz CT molecular complexity index is 179. The highest BCUT2D eigenvalue weighted by Crippen LogP contribution is 2.57. The summed E-state index contributed by atoms with van der Waals surface area (Å²) in [5, 5.41) is 0. The van der Waals surface area contributed by atoms with E-state index in [-0.39, 0.29) is 0 Å². The first-order valence-corrected chi connectivity index (χ1v) is 7.36. The average Bonchev–Trinajstić information content (AvgIpc) is 1.70. The monoisotopic (exact) mass is 430 g/mol. The zero-order chi connectivity index (χ0) is 13.2. The van der Waals surface area contributed by atoms with E-state index in [1.165, 1.54) is 0 Å². The Morgan fingerprint density at radius 3 is 0.812 bits per heavy atom. The lowest BCUT2D eigenvalue weighted by Gasteiger charge is -2.25. The Balaban J connectivity index is 4.53.